The van der Waals surface area contributed by atoms with Crippen LogP contribution in [0.4, 0.5) is 0 Å². The summed E-state index contributed by atoms with van der Waals surface area (Å²) in [7, 11) is 0. The van der Waals surface area contributed by atoms with E-state index < -0.39 is 11.9 Å². The van der Waals surface area contributed by atoms with E-state index in [0.717, 1.165) is 30.4 Å². The molecule has 0 heterocycles. The van der Waals surface area contributed by atoms with Crippen molar-refractivity contribution in [2.45, 2.75) is 78.1 Å². The summed E-state index contributed by atoms with van der Waals surface area (Å²) in [4.78, 5) is 36.0. The number of nitrogens with zero attached hydrogens (tertiary/aromatic N) is 1. The van der Waals surface area contributed by atoms with Gasteiger partial charge < -0.3 is 10.1 Å². The van der Waals surface area contributed by atoms with Gasteiger partial charge in [-0.05, 0) is 55.3 Å². The summed E-state index contributed by atoms with van der Waals surface area (Å²) in [5.74, 6) is -0.520. The molecule has 36 heavy (non-hydrogen) atoms. The lowest BCUT2D eigenvalue weighted by molar-refractivity contribution is -0.126. The van der Waals surface area contributed by atoms with E-state index in [9.17, 15) is 14.4 Å². The van der Waals surface area contributed by atoms with Crippen LogP contribution in [0.3, 0.4) is 0 Å². The van der Waals surface area contributed by atoms with Crippen molar-refractivity contribution in [1.82, 2.24) is 10.7 Å². The molecule has 0 aliphatic rings. The Kier molecular flexibility index (Phi) is 13.6. The number of hydrazone groups is 1. The van der Waals surface area contributed by atoms with Gasteiger partial charge in [-0.3, -0.25) is 9.59 Å². The van der Waals surface area contributed by atoms with Crippen molar-refractivity contribution in [1.29, 1.82) is 0 Å². The number of benzene rings is 2. The fourth-order valence-electron chi connectivity index (χ4n) is 3.64. The zero-order valence-electron chi connectivity index (χ0n) is 21.6. The average Bonchev–Trinajstić information content (AvgIpc) is 2.87. The van der Waals surface area contributed by atoms with E-state index in [2.05, 4.69) is 22.8 Å². The average molecular weight is 494 g/mol. The highest BCUT2D eigenvalue weighted by atomic mass is 16.5. The van der Waals surface area contributed by atoms with Crippen molar-refractivity contribution in [2.75, 3.05) is 6.54 Å². The van der Waals surface area contributed by atoms with Crippen LogP contribution in [0.15, 0.2) is 53.6 Å². The normalized spacial score (nSPS) is 10.8. The lowest BCUT2D eigenvalue weighted by Gasteiger charge is -2.05. The van der Waals surface area contributed by atoms with Crippen LogP contribution in [-0.4, -0.2) is 30.5 Å². The maximum Gasteiger partial charge on any atom is 0.343 e. The van der Waals surface area contributed by atoms with E-state index >= 15 is 0 Å². The van der Waals surface area contributed by atoms with Crippen molar-refractivity contribution in [2.24, 2.45) is 5.10 Å². The maximum atomic E-state index is 12.2. The maximum absolute atomic E-state index is 12.2. The zero-order chi connectivity index (χ0) is 26.0. The molecule has 7 heteroatoms. The van der Waals surface area contributed by atoms with E-state index in [0.29, 0.717) is 17.7 Å². The molecule has 0 saturated carbocycles. The van der Waals surface area contributed by atoms with Gasteiger partial charge in [-0.25, -0.2) is 10.2 Å². The van der Waals surface area contributed by atoms with Gasteiger partial charge in [0.25, 0.3) is 5.91 Å². The van der Waals surface area contributed by atoms with Crippen LogP contribution < -0.4 is 15.5 Å². The number of carbonyl (C=O) groups is 3. The largest absolute Gasteiger partial charge is 0.423 e. The van der Waals surface area contributed by atoms with Crippen LogP contribution in [0.1, 0.15) is 92.6 Å². The molecule has 2 N–H and O–H groups in total. The molecule has 0 fully saturated rings. The molecule has 0 saturated heterocycles. The van der Waals surface area contributed by atoms with Crippen molar-refractivity contribution in [3.8, 4) is 5.75 Å². The molecule has 0 bridgehead atoms. The summed E-state index contributed by atoms with van der Waals surface area (Å²) in [6.07, 6.45) is 12.7. The highest BCUT2D eigenvalue weighted by molar-refractivity contribution is 5.91. The molecular formula is C29H39N3O4. The van der Waals surface area contributed by atoms with Gasteiger partial charge in [0.05, 0.1) is 18.3 Å². The summed E-state index contributed by atoms with van der Waals surface area (Å²) in [5.41, 5.74) is 4.59. The molecule has 0 unspecified atom stereocenters. The lowest BCUT2D eigenvalue weighted by atomic mass is 10.1. The van der Waals surface area contributed by atoms with Crippen molar-refractivity contribution < 1.29 is 19.1 Å². The van der Waals surface area contributed by atoms with Crippen LogP contribution in [0.5, 0.6) is 5.75 Å². The minimum Gasteiger partial charge on any atom is -0.423 e. The Hall–Kier alpha value is -3.48. The fraction of sp³-hybridized carbons (Fsp3) is 0.448. The number of amides is 2. The van der Waals surface area contributed by atoms with Crippen LogP contribution in [0.2, 0.25) is 0 Å². The minimum atomic E-state index is -0.424. The number of nitrogens with one attached hydrogen (secondary N) is 2. The van der Waals surface area contributed by atoms with E-state index in [1.165, 1.54) is 44.7 Å². The molecule has 7 nitrogen and oxygen atoms in total. The molecule has 2 amide bonds. The first kappa shape index (κ1) is 28.8. The standard InChI is InChI=1S/C29H39N3O4/c1-3-4-5-6-7-8-9-10-11-15-27(33)30-22-28(34)32-31-21-24-16-18-26(19-17-24)36-29(35)25-14-12-13-23(2)20-25/h12-14,16-21H,3-11,15,22H2,1-2H3,(H,30,33)(H,32,34)/b31-21+. The lowest BCUT2D eigenvalue weighted by Crippen LogP contribution is -2.34. The Balaban J connectivity index is 1.58. The molecule has 0 radical (unpaired) electrons. The first-order valence-electron chi connectivity index (χ1n) is 13.0. The molecule has 0 aliphatic heterocycles. The fourth-order valence-corrected chi connectivity index (χ4v) is 3.64. The summed E-state index contributed by atoms with van der Waals surface area (Å²) < 4.78 is 5.38. The second-order valence-electron chi connectivity index (χ2n) is 8.98. The van der Waals surface area contributed by atoms with Gasteiger partial charge in [0, 0.05) is 6.42 Å². The van der Waals surface area contributed by atoms with E-state index in [4.69, 9.17) is 4.74 Å². The molecule has 0 atom stereocenters. The van der Waals surface area contributed by atoms with E-state index in [1.54, 1.807) is 36.4 Å². The second-order valence-corrected chi connectivity index (χ2v) is 8.98. The predicted octanol–water partition coefficient (Wildman–Crippen LogP) is 5.70. The Morgan fingerprint density at radius 3 is 2.19 bits per heavy atom. The highest BCUT2D eigenvalue weighted by Gasteiger charge is 2.08. The van der Waals surface area contributed by atoms with Gasteiger partial charge in [-0.15, -0.1) is 0 Å². The van der Waals surface area contributed by atoms with E-state index in [1.807, 2.05) is 19.1 Å². The Morgan fingerprint density at radius 2 is 1.53 bits per heavy atom. The predicted molar refractivity (Wildman–Crippen MR) is 143 cm³/mol. The third kappa shape index (κ3) is 12.3. The molecule has 2 aromatic carbocycles. The first-order chi connectivity index (χ1) is 17.5. The van der Waals surface area contributed by atoms with Gasteiger partial charge in [0.15, 0.2) is 0 Å². The number of esters is 1. The Morgan fingerprint density at radius 1 is 0.861 bits per heavy atom. The zero-order valence-corrected chi connectivity index (χ0v) is 21.6. The Bertz CT molecular complexity index is 986. The summed E-state index contributed by atoms with van der Waals surface area (Å²) in [6, 6.07) is 14.0. The molecule has 2 rings (SSSR count). The minimum absolute atomic E-state index is 0.110. The first-order valence-corrected chi connectivity index (χ1v) is 13.0. The topological polar surface area (TPSA) is 96.9 Å². The number of aryl methyl sites for hydroxylation is 1. The second kappa shape index (κ2) is 17.0. The van der Waals surface area contributed by atoms with Gasteiger partial charge in [0.1, 0.15) is 5.75 Å². The highest BCUT2D eigenvalue weighted by Crippen LogP contribution is 2.14. The van der Waals surface area contributed by atoms with Crippen LogP contribution in [0.25, 0.3) is 0 Å². The van der Waals surface area contributed by atoms with Gasteiger partial charge in [-0.1, -0.05) is 76.0 Å². The smallest absolute Gasteiger partial charge is 0.343 e. The summed E-state index contributed by atoms with van der Waals surface area (Å²) in [6.45, 7) is 4.02. The number of carbonyl (C=O) groups excluding carboxylic acids is 3. The number of rotatable bonds is 16. The molecule has 0 aliphatic carbocycles. The third-order valence-electron chi connectivity index (χ3n) is 5.70. The quantitative estimate of drug-likeness (QED) is 0.103. The SMILES string of the molecule is CCCCCCCCCCCC(=O)NCC(=O)N/N=C/c1ccc(OC(=O)c2cccc(C)c2)cc1. The molecule has 0 aromatic heterocycles. The molecule has 2 aromatic rings. The molecule has 0 spiro atoms. The van der Waals surface area contributed by atoms with Crippen molar-refractivity contribution >= 4 is 24.0 Å². The monoisotopic (exact) mass is 493 g/mol. The Labute approximate surface area is 214 Å². The van der Waals surface area contributed by atoms with Gasteiger partial charge in [0.2, 0.25) is 5.91 Å². The number of hydrogen-bond acceptors (Lipinski definition) is 5. The third-order valence-corrected chi connectivity index (χ3v) is 5.70. The van der Waals surface area contributed by atoms with Crippen LogP contribution in [-0.2, 0) is 9.59 Å². The molecule has 194 valence electrons. The van der Waals surface area contributed by atoms with Crippen molar-refractivity contribution in [3.05, 3.63) is 65.2 Å². The summed E-state index contributed by atoms with van der Waals surface area (Å²) >= 11 is 0. The summed E-state index contributed by atoms with van der Waals surface area (Å²) in [5, 5.41) is 6.53. The van der Waals surface area contributed by atoms with E-state index in [-0.39, 0.29) is 12.5 Å². The van der Waals surface area contributed by atoms with Crippen molar-refractivity contribution in [3.63, 3.8) is 0 Å². The number of hydrogen-bond donors (Lipinski definition) is 2. The molecular weight excluding hydrogens is 454 g/mol. The van der Waals surface area contributed by atoms with Crippen LogP contribution in [0, 0.1) is 6.92 Å². The van der Waals surface area contributed by atoms with Gasteiger partial charge >= 0.3 is 5.97 Å². The van der Waals surface area contributed by atoms with Crippen LogP contribution >= 0.6 is 0 Å². The van der Waals surface area contributed by atoms with Gasteiger partial charge in [-0.2, -0.15) is 5.10 Å². The number of ether oxygens (including phenoxy) is 1. The number of unbranched alkanes of at least 4 members (excludes halogenated alkanes) is 8.